The molecule has 0 saturated carbocycles. The number of carbonyl (C=O) groups is 1. The molecule has 2 aliphatic rings. The summed E-state index contributed by atoms with van der Waals surface area (Å²) in [5.74, 6) is 0.528. The van der Waals surface area contributed by atoms with Gasteiger partial charge in [-0.2, -0.15) is 0 Å². The first-order valence-electron chi connectivity index (χ1n) is 7.07. The molecule has 4 nitrogen and oxygen atoms in total. The van der Waals surface area contributed by atoms with Crippen molar-refractivity contribution in [1.29, 1.82) is 0 Å². The topological polar surface area (TPSA) is 32.8 Å². The summed E-state index contributed by atoms with van der Waals surface area (Å²) in [7, 11) is 0. The predicted molar refractivity (Wildman–Crippen MR) is 71.6 cm³/mol. The van der Waals surface area contributed by atoms with Crippen molar-refractivity contribution >= 4 is 6.09 Å². The van der Waals surface area contributed by atoms with Gasteiger partial charge < -0.3 is 9.64 Å². The molecule has 2 rings (SSSR count). The molecule has 0 radical (unpaired) electrons. The first-order chi connectivity index (χ1) is 8.35. The second kappa shape index (κ2) is 5.08. The molecule has 4 heteroatoms. The molecule has 18 heavy (non-hydrogen) atoms. The molecular formula is C14H26N2O2. The number of amides is 1. The van der Waals surface area contributed by atoms with Crippen LogP contribution < -0.4 is 0 Å². The van der Waals surface area contributed by atoms with E-state index in [4.69, 9.17) is 4.74 Å². The summed E-state index contributed by atoms with van der Waals surface area (Å²) in [4.78, 5) is 16.6. The van der Waals surface area contributed by atoms with Gasteiger partial charge in [0.05, 0.1) is 0 Å². The number of hydrogen-bond donors (Lipinski definition) is 0. The Morgan fingerprint density at radius 2 is 1.94 bits per heavy atom. The van der Waals surface area contributed by atoms with Gasteiger partial charge in [-0.3, -0.25) is 4.90 Å². The molecule has 2 saturated heterocycles. The standard InChI is InChI=1S/C14H26N2O2/c1-11-8-15-7-5-6-12(15)10-16(9-11)13(17)18-14(2,3)4/h11-12H,5-10H2,1-4H3. The van der Waals surface area contributed by atoms with E-state index in [9.17, 15) is 4.79 Å². The summed E-state index contributed by atoms with van der Waals surface area (Å²) in [5.41, 5.74) is -0.401. The molecule has 0 aromatic heterocycles. The van der Waals surface area contributed by atoms with Crippen LogP contribution in [0.5, 0.6) is 0 Å². The van der Waals surface area contributed by atoms with Gasteiger partial charge in [0.15, 0.2) is 0 Å². The van der Waals surface area contributed by atoms with Gasteiger partial charge in [-0.15, -0.1) is 0 Å². The normalized spacial score (nSPS) is 29.9. The van der Waals surface area contributed by atoms with Crippen molar-refractivity contribution in [2.24, 2.45) is 5.92 Å². The molecule has 2 fully saturated rings. The second-order valence-corrected chi connectivity index (χ2v) is 6.78. The number of carbonyl (C=O) groups excluding carboxylic acids is 1. The average Bonchev–Trinajstić information content (AvgIpc) is 2.55. The maximum Gasteiger partial charge on any atom is 0.410 e. The fourth-order valence-corrected chi connectivity index (χ4v) is 2.98. The fraction of sp³-hybridized carbons (Fsp3) is 0.929. The first-order valence-corrected chi connectivity index (χ1v) is 7.07. The highest BCUT2D eigenvalue weighted by molar-refractivity contribution is 5.68. The highest BCUT2D eigenvalue weighted by Gasteiger charge is 2.34. The average molecular weight is 254 g/mol. The third-order valence-corrected chi connectivity index (χ3v) is 3.66. The number of rotatable bonds is 0. The van der Waals surface area contributed by atoms with Crippen molar-refractivity contribution in [3.05, 3.63) is 0 Å². The molecule has 2 heterocycles. The molecule has 1 amide bonds. The van der Waals surface area contributed by atoms with Crippen LogP contribution in [-0.2, 0) is 4.74 Å². The lowest BCUT2D eigenvalue weighted by atomic mass is 10.1. The Morgan fingerprint density at radius 1 is 1.22 bits per heavy atom. The van der Waals surface area contributed by atoms with Crippen LogP contribution in [0.4, 0.5) is 4.79 Å². The molecule has 2 aliphatic heterocycles. The number of hydrogen-bond acceptors (Lipinski definition) is 3. The van der Waals surface area contributed by atoms with Crippen molar-refractivity contribution in [3.63, 3.8) is 0 Å². The van der Waals surface area contributed by atoms with Crippen molar-refractivity contribution in [3.8, 4) is 0 Å². The van der Waals surface area contributed by atoms with Crippen LogP contribution in [0.1, 0.15) is 40.5 Å². The number of fused-ring (bicyclic) bond motifs is 1. The van der Waals surface area contributed by atoms with Crippen LogP contribution >= 0.6 is 0 Å². The lowest BCUT2D eigenvalue weighted by Gasteiger charge is -2.28. The van der Waals surface area contributed by atoms with Crippen LogP contribution in [0, 0.1) is 5.92 Å². The Hall–Kier alpha value is -0.770. The van der Waals surface area contributed by atoms with Crippen LogP contribution in [0.2, 0.25) is 0 Å². The minimum absolute atomic E-state index is 0.150. The lowest BCUT2D eigenvalue weighted by molar-refractivity contribution is 0.0225. The van der Waals surface area contributed by atoms with E-state index < -0.39 is 5.60 Å². The van der Waals surface area contributed by atoms with E-state index in [1.54, 1.807) is 0 Å². The Balaban J connectivity index is 2.01. The van der Waals surface area contributed by atoms with E-state index in [1.807, 2.05) is 25.7 Å². The third kappa shape index (κ3) is 3.37. The number of ether oxygens (including phenoxy) is 1. The van der Waals surface area contributed by atoms with Crippen molar-refractivity contribution < 1.29 is 9.53 Å². The van der Waals surface area contributed by atoms with E-state index >= 15 is 0 Å². The summed E-state index contributed by atoms with van der Waals surface area (Å²) in [6.45, 7) is 12.0. The summed E-state index contributed by atoms with van der Waals surface area (Å²) >= 11 is 0. The molecule has 104 valence electrons. The third-order valence-electron chi connectivity index (χ3n) is 3.66. The summed E-state index contributed by atoms with van der Waals surface area (Å²) < 4.78 is 5.50. The van der Waals surface area contributed by atoms with Crippen LogP contribution in [-0.4, -0.2) is 53.7 Å². The largest absolute Gasteiger partial charge is 0.444 e. The van der Waals surface area contributed by atoms with E-state index in [-0.39, 0.29) is 6.09 Å². The Kier molecular flexibility index (Phi) is 3.85. The zero-order valence-electron chi connectivity index (χ0n) is 12.1. The minimum atomic E-state index is -0.401. The zero-order valence-corrected chi connectivity index (χ0v) is 12.1. The van der Waals surface area contributed by atoms with Gasteiger partial charge in [0.25, 0.3) is 0 Å². The SMILES string of the molecule is CC1CN(C(=O)OC(C)(C)C)CC2CCCN2C1. The predicted octanol–water partition coefficient (Wildman–Crippen LogP) is 2.34. The second-order valence-electron chi connectivity index (χ2n) is 6.78. The number of nitrogens with zero attached hydrogens (tertiary/aromatic N) is 2. The Labute approximate surface area is 110 Å². The highest BCUT2D eigenvalue weighted by atomic mass is 16.6. The fourth-order valence-electron chi connectivity index (χ4n) is 2.98. The van der Waals surface area contributed by atoms with E-state index in [1.165, 1.54) is 19.4 Å². The summed E-state index contributed by atoms with van der Waals surface area (Å²) in [6, 6.07) is 0.544. The Bertz CT molecular complexity index is 311. The zero-order chi connectivity index (χ0) is 13.3. The van der Waals surface area contributed by atoms with Crippen molar-refractivity contribution in [2.45, 2.75) is 52.2 Å². The van der Waals surface area contributed by atoms with Gasteiger partial charge in [0.1, 0.15) is 5.60 Å². The van der Waals surface area contributed by atoms with E-state index in [2.05, 4.69) is 11.8 Å². The van der Waals surface area contributed by atoms with Crippen LogP contribution in [0.15, 0.2) is 0 Å². The van der Waals surface area contributed by atoms with E-state index in [0.717, 1.165) is 19.6 Å². The van der Waals surface area contributed by atoms with Crippen molar-refractivity contribution in [1.82, 2.24) is 9.80 Å². The minimum Gasteiger partial charge on any atom is -0.444 e. The van der Waals surface area contributed by atoms with Gasteiger partial charge in [-0.25, -0.2) is 4.79 Å². The lowest BCUT2D eigenvalue weighted by Crippen LogP contribution is -2.42. The highest BCUT2D eigenvalue weighted by Crippen LogP contribution is 2.24. The monoisotopic (exact) mass is 254 g/mol. The first kappa shape index (κ1) is 13.7. The van der Waals surface area contributed by atoms with Crippen molar-refractivity contribution in [2.75, 3.05) is 26.2 Å². The maximum absolute atomic E-state index is 12.2. The molecule has 0 bridgehead atoms. The molecule has 0 aromatic carbocycles. The van der Waals surface area contributed by atoms with Gasteiger partial charge in [0.2, 0.25) is 0 Å². The Morgan fingerprint density at radius 3 is 2.61 bits per heavy atom. The molecular weight excluding hydrogens is 228 g/mol. The molecule has 2 unspecified atom stereocenters. The molecule has 0 aromatic rings. The van der Waals surface area contributed by atoms with Gasteiger partial charge >= 0.3 is 6.09 Å². The van der Waals surface area contributed by atoms with Crippen LogP contribution in [0.3, 0.4) is 0 Å². The maximum atomic E-state index is 12.2. The summed E-state index contributed by atoms with van der Waals surface area (Å²) in [5, 5.41) is 0. The van der Waals surface area contributed by atoms with E-state index in [0.29, 0.717) is 12.0 Å². The molecule has 2 atom stereocenters. The molecule has 0 N–H and O–H groups in total. The van der Waals surface area contributed by atoms with Gasteiger partial charge in [0, 0.05) is 25.7 Å². The van der Waals surface area contributed by atoms with Gasteiger partial charge in [-0.05, 0) is 46.1 Å². The molecule has 0 aliphatic carbocycles. The smallest absolute Gasteiger partial charge is 0.410 e. The quantitative estimate of drug-likeness (QED) is 0.665. The van der Waals surface area contributed by atoms with Crippen LogP contribution in [0.25, 0.3) is 0 Å². The molecule has 0 spiro atoms. The van der Waals surface area contributed by atoms with Gasteiger partial charge in [-0.1, -0.05) is 6.92 Å². The summed E-state index contributed by atoms with van der Waals surface area (Å²) in [6.07, 6.45) is 2.33.